The molecule has 4 rings (SSSR count). The van der Waals surface area contributed by atoms with Gasteiger partial charge in [0.1, 0.15) is 0 Å². The number of hydrogen-bond donors (Lipinski definition) is 1. The first-order valence-corrected chi connectivity index (χ1v) is 9.77. The van der Waals surface area contributed by atoms with E-state index in [-0.39, 0.29) is 24.0 Å². The third-order valence-electron chi connectivity index (χ3n) is 6.07. The third-order valence-corrected chi connectivity index (χ3v) is 6.07. The molecule has 0 radical (unpaired) electrons. The van der Waals surface area contributed by atoms with Crippen LogP contribution in [0.3, 0.4) is 0 Å². The Morgan fingerprint density at radius 1 is 1.12 bits per heavy atom. The van der Waals surface area contributed by atoms with Gasteiger partial charge in [0.2, 0.25) is 0 Å². The van der Waals surface area contributed by atoms with E-state index in [1.807, 2.05) is 0 Å². The van der Waals surface area contributed by atoms with Crippen LogP contribution in [0.1, 0.15) is 39.0 Å². The van der Waals surface area contributed by atoms with E-state index in [0.29, 0.717) is 6.04 Å². The molecule has 0 aromatic carbocycles. The van der Waals surface area contributed by atoms with Crippen molar-refractivity contribution in [2.45, 2.75) is 45.1 Å². The second-order valence-electron chi connectivity index (χ2n) is 7.85. The van der Waals surface area contributed by atoms with Gasteiger partial charge in [-0.15, -0.1) is 24.0 Å². The molecule has 1 saturated heterocycles. The lowest BCUT2D eigenvalue weighted by Crippen LogP contribution is -2.43. The van der Waals surface area contributed by atoms with Gasteiger partial charge in [0.05, 0.1) is 0 Å². The summed E-state index contributed by atoms with van der Waals surface area (Å²) in [4.78, 5) is 10.2. The first-order valence-electron chi connectivity index (χ1n) is 9.77. The normalized spacial score (nSPS) is 27.8. The average Bonchev–Trinajstić information content (AvgIpc) is 3.47. The second kappa shape index (κ2) is 8.39. The lowest BCUT2D eigenvalue weighted by molar-refractivity contribution is 0.259. The first kappa shape index (κ1) is 18.5. The summed E-state index contributed by atoms with van der Waals surface area (Å²) < 4.78 is 0. The van der Waals surface area contributed by atoms with Gasteiger partial charge in [-0.05, 0) is 56.8 Å². The Hall–Kier alpha value is -0.300. The predicted octanol–water partition coefficient (Wildman–Crippen LogP) is 2.95. The molecule has 2 aliphatic heterocycles. The Labute approximate surface area is 164 Å². The summed E-state index contributed by atoms with van der Waals surface area (Å²) in [6, 6.07) is 0.705. The standard InChI is InChI=1S/C19H32N4.HI/c1-2-20-19(21-13-18(15-5-6-15)16-7-8-16)23-12-9-17(14-23)22-10-3-4-11-22;/h3-4,15-18H,2,5-14H2,1H3,(H,20,21);1H. The maximum atomic E-state index is 5.08. The number of rotatable bonds is 6. The van der Waals surface area contributed by atoms with Gasteiger partial charge in [-0.25, -0.2) is 0 Å². The topological polar surface area (TPSA) is 30.9 Å². The van der Waals surface area contributed by atoms with Gasteiger partial charge in [-0.1, -0.05) is 12.2 Å². The molecule has 1 N–H and O–H groups in total. The van der Waals surface area contributed by atoms with Crippen LogP contribution >= 0.6 is 24.0 Å². The first-order chi connectivity index (χ1) is 11.3. The number of guanidine groups is 1. The number of likely N-dealkylation sites (tertiary alicyclic amines) is 1. The summed E-state index contributed by atoms with van der Waals surface area (Å²) in [7, 11) is 0. The molecule has 2 heterocycles. The fraction of sp³-hybridized carbons (Fsp3) is 0.842. The van der Waals surface area contributed by atoms with E-state index in [0.717, 1.165) is 57.0 Å². The Morgan fingerprint density at radius 3 is 2.38 bits per heavy atom. The predicted molar refractivity (Wildman–Crippen MR) is 111 cm³/mol. The van der Waals surface area contributed by atoms with Crippen LogP contribution in [0.2, 0.25) is 0 Å². The van der Waals surface area contributed by atoms with Gasteiger partial charge < -0.3 is 10.2 Å². The Bertz CT molecular complexity index is 450. The number of nitrogens with one attached hydrogen (secondary N) is 1. The van der Waals surface area contributed by atoms with Crippen molar-refractivity contribution < 1.29 is 0 Å². The van der Waals surface area contributed by atoms with Crippen molar-refractivity contribution in [2.24, 2.45) is 22.7 Å². The van der Waals surface area contributed by atoms with Crippen LogP contribution in [0.25, 0.3) is 0 Å². The smallest absolute Gasteiger partial charge is 0.193 e. The fourth-order valence-electron chi connectivity index (χ4n) is 4.37. The highest BCUT2D eigenvalue weighted by atomic mass is 127. The maximum absolute atomic E-state index is 5.08. The molecule has 0 aromatic rings. The Kier molecular flexibility index (Phi) is 6.46. The molecule has 24 heavy (non-hydrogen) atoms. The number of hydrogen-bond acceptors (Lipinski definition) is 2. The van der Waals surface area contributed by atoms with E-state index >= 15 is 0 Å². The zero-order valence-corrected chi connectivity index (χ0v) is 17.3. The van der Waals surface area contributed by atoms with E-state index in [2.05, 4.69) is 34.2 Å². The van der Waals surface area contributed by atoms with E-state index < -0.39 is 0 Å². The summed E-state index contributed by atoms with van der Waals surface area (Å²) in [6.45, 7) is 8.80. The van der Waals surface area contributed by atoms with E-state index in [1.54, 1.807) is 0 Å². The van der Waals surface area contributed by atoms with Crippen molar-refractivity contribution in [1.82, 2.24) is 15.1 Å². The molecule has 0 aromatic heterocycles. The van der Waals surface area contributed by atoms with Crippen LogP contribution in [0.4, 0.5) is 0 Å². The molecular formula is C19H33IN4. The minimum atomic E-state index is 0. The van der Waals surface area contributed by atoms with Crippen molar-refractivity contribution in [3.05, 3.63) is 12.2 Å². The molecule has 2 aliphatic carbocycles. The summed E-state index contributed by atoms with van der Waals surface area (Å²) >= 11 is 0. The van der Waals surface area contributed by atoms with Crippen molar-refractivity contribution in [3.8, 4) is 0 Å². The summed E-state index contributed by atoms with van der Waals surface area (Å²) in [6.07, 6.45) is 11.7. The van der Waals surface area contributed by atoms with Gasteiger partial charge >= 0.3 is 0 Å². The van der Waals surface area contributed by atoms with Crippen LogP contribution in [-0.4, -0.2) is 61.1 Å². The quantitative estimate of drug-likeness (QED) is 0.296. The van der Waals surface area contributed by atoms with Gasteiger partial charge in [0, 0.05) is 45.3 Å². The van der Waals surface area contributed by atoms with Crippen LogP contribution in [0, 0.1) is 17.8 Å². The lowest BCUT2D eigenvalue weighted by atomic mass is 9.98. The molecule has 1 atom stereocenters. The number of halogens is 1. The molecule has 4 nitrogen and oxygen atoms in total. The third kappa shape index (κ3) is 4.45. The molecule has 2 saturated carbocycles. The molecule has 4 aliphatic rings. The van der Waals surface area contributed by atoms with Crippen LogP contribution in [0.5, 0.6) is 0 Å². The molecular weight excluding hydrogens is 411 g/mol. The summed E-state index contributed by atoms with van der Waals surface area (Å²) in [5.41, 5.74) is 0. The molecule has 0 bridgehead atoms. The molecule has 5 heteroatoms. The van der Waals surface area contributed by atoms with Gasteiger partial charge in [0.25, 0.3) is 0 Å². The van der Waals surface area contributed by atoms with Crippen molar-refractivity contribution in [2.75, 3.05) is 39.3 Å². The lowest BCUT2D eigenvalue weighted by Gasteiger charge is -2.26. The van der Waals surface area contributed by atoms with Gasteiger partial charge in [0.15, 0.2) is 5.96 Å². The van der Waals surface area contributed by atoms with E-state index in [9.17, 15) is 0 Å². The molecule has 1 unspecified atom stereocenters. The highest BCUT2D eigenvalue weighted by Gasteiger charge is 2.41. The van der Waals surface area contributed by atoms with E-state index in [4.69, 9.17) is 4.99 Å². The zero-order valence-electron chi connectivity index (χ0n) is 15.0. The second-order valence-corrected chi connectivity index (χ2v) is 7.85. The monoisotopic (exact) mass is 444 g/mol. The summed E-state index contributed by atoms with van der Waals surface area (Å²) in [5, 5.41) is 3.55. The van der Waals surface area contributed by atoms with Crippen LogP contribution in [0.15, 0.2) is 17.1 Å². The Balaban J connectivity index is 0.00000169. The van der Waals surface area contributed by atoms with Crippen molar-refractivity contribution in [3.63, 3.8) is 0 Å². The number of aliphatic imine (C=N–C) groups is 1. The van der Waals surface area contributed by atoms with Gasteiger partial charge in [-0.2, -0.15) is 0 Å². The van der Waals surface area contributed by atoms with Gasteiger partial charge in [-0.3, -0.25) is 9.89 Å². The average molecular weight is 444 g/mol. The molecule has 0 amide bonds. The molecule has 3 fully saturated rings. The van der Waals surface area contributed by atoms with Crippen molar-refractivity contribution >= 4 is 29.9 Å². The van der Waals surface area contributed by atoms with Crippen LogP contribution in [-0.2, 0) is 0 Å². The highest BCUT2D eigenvalue weighted by Crippen LogP contribution is 2.49. The molecule has 0 spiro atoms. The largest absolute Gasteiger partial charge is 0.357 e. The molecule has 136 valence electrons. The summed E-state index contributed by atoms with van der Waals surface area (Å²) in [5.74, 6) is 4.05. The maximum Gasteiger partial charge on any atom is 0.193 e. The van der Waals surface area contributed by atoms with Crippen LogP contribution < -0.4 is 5.32 Å². The number of nitrogens with zero attached hydrogens (tertiary/aromatic N) is 3. The zero-order chi connectivity index (χ0) is 15.6. The van der Waals surface area contributed by atoms with Crippen molar-refractivity contribution in [1.29, 1.82) is 0 Å². The van der Waals surface area contributed by atoms with E-state index in [1.165, 1.54) is 38.1 Å². The minimum absolute atomic E-state index is 0. The Morgan fingerprint density at radius 2 is 1.79 bits per heavy atom. The highest BCUT2D eigenvalue weighted by molar-refractivity contribution is 14.0. The minimum Gasteiger partial charge on any atom is -0.357 e. The SMILES string of the molecule is CCNC(=NCC(C1CC1)C1CC1)N1CCC(N2CC=CC2)C1.I. The fourth-order valence-corrected chi connectivity index (χ4v) is 4.37.